The van der Waals surface area contributed by atoms with Gasteiger partial charge in [-0.1, -0.05) is 11.8 Å². The Balaban J connectivity index is 2.14. The quantitative estimate of drug-likeness (QED) is 0.755. The van der Waals surface area contributed by atoms with Gasteiger partial charge in [0.1, 0.15) is 5.82 Å². The first-order valence-corrected chi connectivity index (χ1v) is 5.89. The molecule has 2 rings (SSSR count). The average molecular weight is 238 g/mol. The Morgan fingerprint density at radius 3 is 2.47 bits per heavy atom. The Labute approximate surface area is 94.9 Å². The zero-order chi connectivity index (χ0) is 10.7. The summed E-state index contributed by atoms with van der Waals surface area (Å²) in [7, 11) is 0. The molecule has 0 aliphatic rings. The highest BCUT2D eigenvalue weighted by atomic mass is 32.2. The molecule has 0 aliphatic carbocycles. The van der Waals surface area contributed by atoms with Crippen LogP contribution in [0.3, 0.4) is 0 Å². The summed E-state index contributed by atoms with van der Waals surface area (Å²) >= 11 is 2.96. The first-order valence-electron chi connectivity index (χ1n) is 4.26. The molecule has 1 nitrogen and oxygen atoms in total. The van der Waals surface area contributed by atoms with E-state index in [1.54, 1.807) is 18.2 Å². The second-order valence-electron chi connectivity index (χ2n) is 2.83. The van der Waals surface area contributed by atoms with Crippen LogP contribution in [-0.4, -0.2) is 6.29 Å². The van der Waals surface area contributed by atoms with Crippen molar-refractivity contribution in [3.05, 3.63) is 47.1 Å². The molecule has 2 aromatic rings. The van der Waals surface area contributed by atoms with E-state index in [0.717, 1.165) is 15.4 Å². The number of aldehydes is 1. The van der Waals surface area contributed by atoms with Crippen LogP contribution < -0.4 is 0 Å². The normalized spacial score (nSPS) is 10.2. The van der Waals surface area contributed by atoms with Gasteiger partial charge >= 0.3 is 0 Å². The molecule has 1 aromatic carbocycles. The maximum atomic E-state index is 12.6. The molecule has 76 valence electrons. The maximum Gasteiger partial charge on any atom is 0.160 e. The number of benzene rings is 1. The fourth-order valence-electron chi connectivity index (χ4n) is 1.07. The van der Waals surface area contributed by atoms with Crippen LogP contribution in [0.5, 0.6) is 0 Å². The van der Waals surface area contributed by atoms with E-state index in [2.05, 4.69) is 0 Å². The summed E-state index contributed by atoms with van der Waals surface area (Å²) in [4.78, 5) is 12.1. The van der Waals surface area contributed by atoms with Gasteiger partial charge in [-0.25, -0.2) is 4.39 Å². The molecule has 0 N–H and O–H groups in total. The summed E-state index contributed by atoms with van der Waals surface area (Å²) in [6, 6.07) is 9.97. The first kappa shape index (κ1) is 10.4. The van der Waals surface area contributed by atoms with Crippen molar-refractivity contribution in [3.8, 4) is 0 Å². The monoisotopic (exact) mass is 238 g/mol. The largest absolute Gasteiger partial charge is 0.297 e. The Kier molecular flexibility index (Phi) is 3.18. The average Bonchev–Trinajstić information content (AvgIpc) is 2.69. The van der Waals surface area contributed by atoms with Gasteiger partial charge in [-0.2, -0.15) is 0 Å². The van der Waals surface area contributed by atoms with Crippen molar-refractivity contribution < 1.29 is 9.18 Å². The summed E-state index contributed by atoms with van der Waals surface area (Å²) in [6.07, 6.45) is 0.833. The highest BCUT2D eigenvalue weighted by Crippen LogP contribution is 2.32. The summed E-state index contributed by atoms with van der Waals surface area (Å²) in [5.74, 6) is -0.237. The van der Waals surface area contributed by atoms with Crippen molar-refractivity contribution in [2.45, 2.75) is 9.10 Å². The molecule has 0 bridgehead atoms. The molecular weight excluding hydrogens is 231 g/mol. The lowest BCUT2D eigenvalue weighted by Gasteiger charge is -1.96. The molecule has 4 heteroatoms. The van der Waals surface area contributed by atoms with Crippen molar-refractivity contribution in [2.75, 3.05) is 0 Å². The van der Waals surface area contributed by atoms with Crippen molar-refractivity contribution in [1.82, 2.24) is 0 Å². The molecule has 0 atom stereocenters. The molecular formula is C11H7FOS2. The van der Waals surface area contributed by atoms with Gasteiger partial charge in [-0.05, 0) is 36.4 Å². The van der Waals surface area contributed by atoms with Gasteiger partial charge < -0.3 is 0 Å². The van der Waals surface area contributed by atoms with E-state index >= 15 is 0 Å². The Hall–Kier alpha value is -1.13. The van der Waals surface area contributed by atoms with E-state index < -0.39 is 0 Å². The highest BCUT2D eigenvalue weighted by molar-refractivity contribution is 8.01. The first-order chi connectivity index (χ1) is 7.28. The van der Waals surface area contributed by atoms with Gasteiger partial charge in [0, 0.05) is 4.90 Å². The van der Waals surface area contributed by atoms with Crippen molar-refractivity contribution in [2.24, 2.45) is 0 Å². The SMILES string of the molecule is O=Cc1ccc(Sc2ccc(F)cc2)s1. The number of rotatable bonds is 3. The Morgan fingerprint density at radius 2 is 1.87 bits per heavy atom. The third kappa shape index (κ3) is 2.67. The number of hydrogen-bond acceptors (Lipinski definition) is 3. The standard InChI is InChI=1S/C11H7FOS2/c12-8-1-3-9(4-2-8)14-11-6-5-10(7-13)15-11/h1-7H. The van der Waals surface area contributed by atoms with Crippen LogP contribution in [0.4, 0.5) is 4.39 Å². The minimum absolute atomic E-state index is 0.237. The van der Waals surface area contributed by atoms with Gasteiger partial charge in [0.05, 0.1) is 9.09 Å². The molecule has 0 saturated carbocycles. The summed E-state index contributed by atoms with van der Waals surface area (Å²) in [5.41, 5.74) is 0. The molecule has 0 fully saturated rings. The molecule has 1 heterocycles. The highest BCUT2D eigenvalue weighted by Gasteiger charge is 2.01. The smallest absolute Gasteiger partial charge is 0.160 e. The fraction of sp³-hybridized carbons (Fsp3) is 0. The van der Waals surface area contributed by atoms with Crippen molar-refractivity contribution in [1.29, 1.82) is 0 Å². The van der Waals surface area contributed by atoms with E-state index in [-0.39, 0.29) is 5.82 Å². The van der Waals surface area contributed by atoms with Crippen LogP contribution in [0.1, 0.15) is 9.67 Å². The van der Waals surface area contributed by atoms with E-state index in [1.165, 1.54) is 35.2 Å². The molecule has 15 heavy (non-hydrogen) atoms. The van der Waals surface area contributed by atoms with Crippen LogP contribution in [-0.2, 0) is 0 Å². The topological polar surface area (TPSA) is 17.1 Å². The van der Waals surface area contributed by atoms with Crippen LogP contribution in [0.2, 0.25) is 0 Å². The van der Waals surface area contributed by atoms with Gasteiger partial charge in [0.2, 0.25) is 0 Å². The predicted octanol–water partition coefficient (Wildman–Crippen LogP) is 3.85. The van der Waals surface area contributed by atoms with Gasteiger partial charge in [-0.15, -0.1) is 11.3 Å². The fourth-order valence-corrected chi connectivity index (χ4v) is 3.01. The number of carbonyl (C=O) groups is 1. The lowest BCUT2D eigenvalue weighted by molar-refractivity contribution is 0.112. The van der Waals surface area contributed by atoms with Crippen molar-refractivity contribution in [3.63, 3.8) is 0 Å². The van der Waals surface area contributed by atoms with E-state index in [4.69, 9.17) is 0 Å². The van der Waals surface area contributed by atoms with Crippen LogP contribution in [0, 0.1) is 5.82 Å². The van der Waals surface area contributed by atoms with Crippen molar-refractivity contribution >= 4 is 29.4 Å². The van der Waals surface area contributed by atoms with Gasteiger partial charge in [0.15, 0.2) is 6.29 Å². The number of halogens is 1. The predicted molar refractivity (Wildman–Crippen MR) is 60.2 cm³/mol. The van der Waals surface area contributed by atoms with E-state index in [1.807, 2.05) is 6.07 Å². The Bertz CT molecular complexity index is 462. The maximum absolute atomic E-state index is 12.6. The van der Waals surface area contributed by atoms with Crippen LogP contribution >= 0.6 is 23.1 Å². The number of hydrogen-bond donors (Lipinski definition) is 0. The second-order valence-corrected chi connectivity index (χ2v) is 5.32. The summed E-state index contributed by atoms with van der Waals surface area (Å²) < 4.78 is 13.7. The minimum Gasteiger partial charge on any atom is -0.297 e. The van der Waals surface area contributed by atoms with Gasteiger partial charge in [-0.3, -0.25) is 4.79 Å². The van der Waals surface area contributed by atoms with E-state index in [0.29, 0.717) is 4.88 Å². The number of thiophene rings is 1. The summed E-state index contributed by atoms with van der Waals surface area (Å²) in [6.45, 7) is 0. The van der Waals surface area contributed by atoms with Crippen LogP contribution in [0.25, 0.3) is 0 Å². The van der Waals surface area contributed by atoms with E-state index in [9.17, 15) is 9.18 Å². The minimum atomic E-state index is -0.237. The third-order valence-electron chi connectivity index (χ3n) is 1.75. The second kappa shape index (κ2) is 4.59. The zero-order valence-electron chi connectivity index (χ0n) is 7.64. The van der Waals surface area contributed by atoms with Crippen LogP contribution in [0.15, 0.2) is 45.5 Å². The summed E-state index contributed by atoms with van der Waals surface area (Å²) in [5, 5.41) is 0. The zero-order valence-corrected chi connectivity index (χ0v) is 9.28. The molecule has 0 spiro atoms. The number of carbonyl (C=O) groups excluding carboxylic acids is 1. The molecule has 0 aliphatic heterocycles. The third-order valence-corrected chi connectivity index (χ3v) is 3.90. The van der Waals surface area contributed by atoms with Gasteiger partial charge in [0.25, 0.3) is 0 Å². The lowest BCUT2D eigenvalue weighted by Crippen LogP contribution is -1.72. The molecule has 0 saturated heterocycles. The lowest BCUT2D eigenvalue weighted by atomic mass is 10.4. The molecule has 0 radical (unpaired) electrons. The molecule has 1 aromatic heterocycles. The molecule has 0 unspecified atom stereocenters. The Morgan fingerprint density at radius 1 is 1.13 bits per heavy atom. The molecule has 0 amide bonds.